The molecule has 0 atom stereocenters. The van der Waals surface area contributed by atoms with E-state index in [1.54, 1.807) is 36.7 Å². The summed E-state index contributed by atoms with van der Waals surface area (Å²) in [5, 5.41) is 17.8. The van der Waals surface area contributed by atoms with Crippen molar-refractivity contribution in [3.63, 3.8) is 0 Å². The van der Waals surface area contributed by atoms with Crippen LogP contribution in [-0.2, 0) is 4.74 Å². The van der Waals surface area contributed by atoms with Crippen molar-refractivity contribution in [3.8, 4) is 23.2 Å². The number of hydrogen-bond acceptors (Lipinski definition) is 7. The standard InChI is InChI=1S/C23H21N5O2/c24-14-15-1-3-16(4-2-15)20-13-17(5-9-27-20)22(26)21-19(25)6-10-28-23(21)30-18-7-11-29-12-8-18/h1-6,9-10,13,18,26H,7-8,11-12H2,(H2,25,28). The van der Waals surface area contributed by atoms with Crippen LogP contribution in [-0.4, -0.2) is 35.0 Å². The molecule has 7 heteroatoms. The second kappa shape index (κ2) is 8.72. The van der Waals surface area contributed by atoms with Crippen molar-refractivity contribution in [1.29, 1.82) is 10.7 Å². The number of nitriles is 1. The number of nitrogens with two attached hydrogens (primary N) is 1. The van der Waals surface area contributed by atoms with E-state index in [4.69, 9.17) is 25.9 Å². The van der Waals surface area contributed by atoms with E-state index < -0.39 is 0 Å². The van der Waals surface area contributed by atoms with Gasteiger partial charge in [-0.1, -0.05) is 12.1 Å². The largest absolute Gasteiger partial charge is 0.474 e. The number of anilines is 1. The monoisotopic (exact) mass is 399 g/mol. The van der Waals surface area contributed by atoms with Crippen molar-refractivity contribution in [2.24, 2.45) is 0 Å². The lowest BCUT2D eigenvalue weighted by molar-refractivity contribution is 0.0237. The molecule has 4 rings (SSSR count). The average Bonchev–Trinajstić information content (AvgIpc) is 2.80. The summed E-state index contributed by atoms with van der Waals surface area (Å²) < 4.78 is 11.5. The van der Waals surface area contributed by atoms with Gasteiger partial charge in [0.05, 0.1) is 41.8 Å². The van der Waals surface area contributed by atoms with Crippen molar-refractivity contribution >= 4 is 11.4 Å². The topological polar surface area (TPSA) is 118 Å². The summed E-state index contributed by atoms with van der Waals surface area (Å²) >= 11 is 0. The van der Waals surface area contributed by atoms with Crippen LogP contribution in [0.15, 0.2) is 54.9 Å². The zero-order chi connectivity index (χ0) is 20.9. The Hall–Kier alpha value is -3.76. The van der Waals surface area contributed by atoms with E-state index >= 15 is 0 Å². The number of nitrogens with zero attached hydrogens (tertiary/aromatic N) is 3. The maximum Gasteiger partial charge on any atom is 0.225 e. The number of nitrogen functional groups attached to an aromatic ring is 1. The molecule has 3 heterocycles. The molecule has 1 aliphatic rings. The maximum absolute atomic E-state index is 8.98. The maximum atomic E-state index is 8.98. The second-order valence-corrected chi connectivity index (χ2v) is 7.00. The summed E-state index contributed by atoms with van der Waals surface area (Å²) in [7, 11) is 0. The Labute approximate surface area is 174 Å². The third kappa shape index (κ3) is 4.14. The molecule has 1 aromatic carbocycles. The molecule has 0 radical (unpaired) electrons. The Morgan fingerprint density at radius 1 is 1.10 bits per heavy atom. The molecule has 0 amide bonds. The molecule has 2 aromatic heterocycles. The quantitative estimate of drug-likeness (QED) is 0.633. The van der Waals surface area contributed by atoms with Gasteiger partial charge in [-0.05, 0) is 30.3 Å². The highest BCUT2D eigenvalue weighted by molar-refractivity contribution is 6.15. The number of nitrogens with one attached hydrogen (secondary N) is 1. The van der Waals surface area contributed by atoms with Gasteiger partial charge in [0.1, 0.15) is 6.10 Å². The van der Waals surface area contributed by atoms with Crippen LogP contribution < -0.4 is 10.5 Å². The van der Waals surface area contributed by atoms with Gasteiger partial charge in [-0.25, -0.2) is 4.98 Å². The molecule has 150 valence electrons. The molecular weight excluding hydrogens is 378 g/mol. The van der Waals surface area contributed by atoms with Crippen molar-refractivity contribution < 1.29 is 9.47 Å². The summed E-state index contributed by atoms with van der Waals surface area (Å²) in [6.45, 7) is 1.30. The van der Waals surface area contributed by atoms with Crippen molar-refractivity contribution in [2.45, 2.75) is 18.9 Å². The molecule has 0 saturated carbocycles. The molecule has 3 N–H and O–H groups in total. The van der Waals surface area contributed by atoms with E-state index in [0.29, 0.717) is 47.2 Å². The average molecular weight is 399 g/mol. The Bertz CT molecular complexity index is 1100. The van der Waals surface area contributed by atoms with Crippen LogP contribution in [0.3, 0.4) is 0 Å². The SMILES string of the molecule is N#Cc1ccc(-c2cc(C(=N)c3c(N)ccnc3OC3CCOCC3)ccn2)cc1. The summed E-state index contributed by atoms with van der Waals surface area (Å²) in [5.74, 6) is 0.364. The number of ether oxygens (including phenoxy) is 2. The minimum absolute atomic E-state index is 0.00810. The molecule has 0 bridgehead atoms. The van der Waals surface area contributed by atoms with E-state index in [1.807, 2.05) is 18.2 Å². The number of benzene rings is 1. The zero-order valence-electron chi connectivity index (χ0n) is 16.3. The van der Waals surface area contributed by atoms with Crippen LogP contribution in [0.4, 0.5) is 5.69 Å². The summed E-state index contributed by atoms with van der Waals surface area (Å²) in [4.78, 5) is 8.76. The highest BCUT2D eigenvalue weighted by atomic mass is 16.5. The molecule has 7 nitrogen and oxygen atoms in total. The van der Waals surface area contributed by atoms with Gasteiger partial charge in [-0.15, -0.1) is 0 Å². The van der Waals surface area contributed by atoms with Gasteiger partial charge >= 0.3 is 0 Å². The number of aromatic nitrogens is 2. The van der Waals surface area contributed by atoms with Gasteiger partial charge in [0, 0.05) is 42.0 Å². The first-order valence-electron chi connectivity index (χ1n) is 9.70. The number of pyridine rings is 2. The fourth-order valence-corrected chi connectivity index (χ4v) is 3.35. The minimum Gasteiger partial charge on any atom is -0.474 e. The van der Waals surface area contributed by atoms with E-state index in [2.05, 4.69) is 16.0 Å². The van der Waals surface area contributed by atoms with Crippen molar-refractivity contribution in [1.82, 2.24) is 9.97 Å². The lowest BCUT2D eigenvalue weighted by Gasteiger charge is -2.24. The summed E-state index contributed by atoms with van der Waals surface area (Å²) in [6.07, 6.45) is 4.80. The van der Waals surface area contributed by atoms with Gasteiger partial charge in [-0.2, -0.15) is 5.26 Å². The molecule has 0 unspecified atom stereocenters. The Morgan fingerprint density at radius 2 is 1.83 bits per heavy atom. The molecule has 30 heavy (non-hydrogen) atoms. The van der Waals surface area contributed by atoms with Crippen LogP contribution in [0.2, 0.25) is 0 Å². The first kappa shape index (κ1) is 19.6. The predicted octanol–water partition coefficient (Wildman–Crippen LogP) is 3.57. The molecule has 1 aliphatic heterocycles. The Balaban J connectivity index is 1.65. The van der Waals surface area contributed by atoms with Crippen LogP contribution in [0.25, 0.3) is 11.3 Å². The van der Waals surface area contributed by atoms with Crippen LogP contribution in [0, 0.1) is 16.7 Å². The smallest absolute Gasteiger partial charge is 0.225 e. The molecular formula is C23H21N5O2. The third-order valence-electron chi connectivity index (χ3n) is 5.00. The summed E-state index contributed by atoms with van der Waals surface area (Å²) in [5.41, 5.74) is 10.2. The second-order valence-electron chi connectivity index (χ2n) is 7.00. The highest BCUT2D eigenvalue weighted by Gasteiger charge is 2.22. The molecule has 1 saturated heterocycles. The normalized spacial score (nSPS) is 14.1. The first-order chi connectivity index (χ1) is 14.7. The van der Waals surface area contributed by atoms with Gasteiger partial charge < -0.3 is 15.2 Å². The highest BCUT2D eigenvalue weighted by Crippen LogP contribution is 2.28. The molecule has 0 aliphatic carbocycles. The number of rotatable bonds is 5. The number of hydrogen-bond donors (Lipinski definition) is 2. The fourth-order valence-electron chi connectivity index (χ4n) is 3.35. The van der Waals surface area contributed by atoms with Gasteiger partial charge in [0.15, 0.2) is 0 Å². The first-order valence-corrected chi connectivity index (χ1v) is 9.70. The fraction of sp³-hybridized carbons (Fsp3) is 0.217. The molecule has 0 spiro atoms. The lowest BCUT2D eigenvalue weighted by atomic mass is 10.00. The predicted molar refractivity (Wildman–Crippen MR) is 113 cm³/mol. The van der Waals surface area contributed by atoms with E-state index in [9.17, 15) is 0 Å². The zero-order valence-corrected chi connectivity index (χ0v) is 16.3. The van der Waals surface area contributed by atoms with E-state index in [-0.39, 0.29) is 11.8 Å². The van der Waals surface area contributed by atoms with Crippen molar-refractivity contribution in [2.75, 3.05) is 18.9 Å². The van der Waals surface area contributed by atoms with Gasteiger partial charge in [0.2, 0.25) is 5.88 Å². The van der Waals surface area contributed by atoms with Gasteiger partial charge in [-0.3, -0.25) is 10.4 Å². The van der Waals surface area contributed by atoms with E-state index in [1.165, 1.54) is 0 Å². The van der Waals surface area contributed by atoms with Gasteiger partial charge in [0.25, 0.3) is 0 Å². The third-order valence-corrected chi connectivity index (χ3v) is 5.00. The molecule has 3 aromatic rings. The Morgan fingerprint density at radius 3 is 2.57 bits per heavy atom. The minimum atomic E-state index is -0.00810. The Kier molecular flexibility index (Phi) is 5.68. The lowest BCUT2D eigenvalue weighted by Crippen LogP contribution is -2.27. The van der Waals surface area contributed by atoms with Crippen molar-refractivity contribution in [3.05, 3.63) is 71.5 Å². The van der Waals surface area contributed by atoms with E-state index in [0.717, 1.165) is 18.4 Å². The van der Waals surface area contributed by atoms with Crippen LogP contribution >= 0.6 is 0 Å². The molecule has 1 fully saturated rings. The van der Waals surface area contributed by atoms with Crippen LogP contribution in [0.5, 0.6) is 5.88 Å². The van der Waals surface area contributed by atoms with Crippen LogP contribution in [0.1, 0.15) is 29.5 Å². The summed E-state index contributed by atoms with van der Waals surface area (Å²) in [6, 6.07) is 14.5.